The molecule has 0 spiro atoms. The zero-order valence-corrected chi connectivity index (χ0v) is 29.2. The summed E-state index contributed by atoms with van der Waals surface area (Å²) in [7, 11) is 0.878. The van der Waals surface area contributed by atoms with Gasteiger partial charge in [-0.2, -0.15) is 0 Å². The molecule has 0 amide bonds. The Balaban J connectivity index is -0.000000141. The second kappa shape index (κ2) is 30.0. The Morgan fingerprint density at radius 3 is 1.26 bits per heavy atom. The van der Waals surface area contributed by atoms with Crippen LogP contribution in [0.25, 0.3) is 0 Å². The minimum atomic E-state index is -2.97. The summed E-state index contributed by atoms with van der Waals surface area (Å²) in [6, 6.07) is 0. The lowest BCUT2D eigenvalue weighted by Gasteiger charge is -2.00. The van der Waals surface area contributed by atoms with Crippen molar-refractivity contribution < 1.29 is 32.7 Å². The van der Waals surface area contributed by atoms with Gasteiger partial charge in [-0.25, -0.2) is 8.42 Å². The number of rotatable bonds is 7. The van der Waals surface area contributed by atoms with Crippen molar-refractivity contribution in [2.24, 2.45) is 23.7 Å². The summed E-state index contributed by atoms with van der Waals surface area (Å²) in [5, 5.41) is 8.82. The highest BCUT2D eigenvalue weighted by Crippen LogP contribution is 1.99. The number of terminal acetylenes is 1. The van der Waals surface area contributed by atoms with Gasteiger partial charge >= 0.3 is 0 Å². The van der Waals surface area contributed by atoms with Crippen LogP contribution in [0.5, 0.6) is 0 Å². The van der Waals surface area contributed by atoms with Crippen molar-refractivity contribution in [3.63, 3.8) is 0 Å². The van der Waals surface area contributed by atoms with E-state index >= 15 is 0 Å². The molecule has 0 atom stereocenters. The van der Waals surface area contributed by atoms with Crippen molar-refractivity contribution in [1.82, 2.24) is 4.90 Å². The van der Waals surface area contributed by atoms with Crippen molar-refractivity contribution in [2.75, 3.05) is 27.2 Å². The monoisotopic (exact) mass is 619 g/mol. The molecule has 0 saturated carbocycles. The molecule has 0 aromatic carbocycles. The van der Waals surface area contributed by atoms with E-state index in [1.165, 1.54) is 0 Å². The minimum absolute atomic E-state index is 0.00926. The van der Waals surface area contributed by atoms with Gasteiger partial charge in [0.1, 0.15) is 6.61 Å². The van der Waals surface area contributed by atoms with Crippen molar-refractivity contribution in [3.05, 3.63) is 12.0 Å². The van der Waals surface area contributed by atoms with E-state index in [0.717, 1.165) is 5.41 Å². The van der Waals surface area contributed by atoms with E-state index in [1.807, 2.05) is 52.6 Å². The second-order valence-corrected chi connectivity index (χ2v) is 12.9. The first-order valence-corrected chi connectivity index (χ1v) is 15.3. The number of aliphatic hydroxyl groups is 1. The average Bonchev–Trinajstić information content (AvgIpc) is 2.92. The predicted octanol–water partition coefficient (Wildman–Crippen LogP) is 4.02. The van der Waals surface area contributed by atoms with Crippen LogP contribution in [-0.4, -0.2) is 74.1 Å². The lowest BCUT2D eigenvalue weighted by atomic mass is 10.1. The molecule has 0 radical (unpaired) electrons. The van der Waals surface area contributed by atoms with Crippen molar-refractivity contribution >= 4 is 33.0 Å². The Labute approximate surface area is 262 Å². The standard InChI is InChI=1S/C9H15NO.C7H10O2.C7H10O.C6H8O.C5H10O2S/c1-8(2)9(11)6-5-7-10(3)4;1-6(2)7(9)4-3-5-8;1-4-5-7(8)6(2)3;1-4-6(7)5(2)3;1-4-8(6,7)5(2)3/h8H,7H2,1-4H3;6,8H,5H2,1-2H3;6H,1-3H3;1,5H,2-3H3;4-5H,1H2,2-3H3. The highest BCUT2D eigenvalue weighted by Gasteiger charge is 2.09. The van der Waals surface area contributed by atoms with E-state index in [-0.39, 0.29) is 58.7 Å². The van der Waals surface area contributed by atoms with E-state index in [9.17, 15) is 27.6 Å². The van der Waals surface area contributed by atoms with Crippen molar-refractivity contribution in [1.29, 1.82) is 0 Å². The maximum atomic E-state index is 10.9. The number of ketones is 4. The summed E-state index contributed by atoms with van der Waals surface area (Å²) in [5.41, 5.74) is 0. The molecule has 8 nitrogen and oxygen atoms in total. The highest BCUT2D eigenvalue weighted by molar-refractivity contribution is 7.94. The van der Waals surface area contributed by atoms with E-state index in [0.29, 0.717) is 6.54 Å². The SMILES string of the molecule is C#CC(=O)C(C)C.C=CS(=O)(=O)C(C)C.CC#CC(=O)C(C)C.CC(C)C(=O)C#CCN(C)C.CC(C)C(=O)C#CCO. The van der Waals surface area contributed by atoms with Gasteiger partial charge in [-0.15, -0.1) is 6.42 Å². The zero-order chi connectivity index (χ0) is 35.3. The van der Waals surface area contributed by atoms with Gasteiger partial charge in [0.25, 0.3) is 0 Å². The molecule has 43 heavy (non-hydrogen) atoms. The molecule has 0 aliphatic heterocycles. The van der Waals surface area contributed by atoms with Crippen LogP contribution < -0.4 is 0 Å². The third-order valence-electron chi connectivity index (χ3n) is 4.27. The van der Waals surface area contributed by atoms with Gasteiger partial charge in [-0.1, -0.05) is 79.7 Å². The molecule has 0 heterocycles. The predicted molar refractivity (Wildman–Crippen MR) is 177 cm³/mol. The Hall–Kier alpha value is -3.47. The van der Waals surface area contributed by atoms with Crippen molar-refractivity contribution in [3.8, 4) is 47.9 Å². The topological polar surface area (TPSA) is 126 Å². The number of nitrogens with zero attached hydrogens (tertiary/aromatic N) is 1. The quantitative estimate of drug-likeness (QED) is 0.335. The molecule has 242 valence electrons. The fourth-order valence-corrected chi connectivity index (χ4v) is 1.71. The number of carbonyl (C=O) groups excluding carboxylic acids is 4. The zero-order valence-electron chi connectivity index (χ0n) is 28.4. The molecule has 0 aliphatic carbocycles. The molecule has 0 fully saturated rings. The lowest BCUT2D eigenvalue weighted by molar-refractivity contribution is -0.117. The molecule has 0 bridgehead atoms. The van der Waals surface area contributed by atoms with E-state index in [2.05, 4.69) is 42.1 Å². The van der Waals surface area contributed by atoms with E-state index < -0.39 is 9.84 Å². The second-order valence-electron chi connectivity index (χ2n) is 10.4. The largest absolute Gasteiger partial charge is 0.384 e. The van der Waals surface area contributed by atoms with Crippen LogP contribution >= 0.6 is 0 Å². The number of hydrogen-bond acceptors (Lipinski definition) is 8. The molecule has 0 rings (SSSR count). The lowest BCUT2D eigenvalue weighted by Crippen LogP contribution is -2.12. The Morgan fingerprint density at radius 2 is 1.09 bits per heavy atom. The van der Waals surface area contributed by atoms with Crippen molar-refractivity contribution in [2.45, 2.75) is 81.4 Å². The Bertz CT molecular complexity index is 1180. The molecule has 0 aromatic heterocycles. The van der Waals surface area contributed by atoms with E-state index in [4.69, 9.17) is 11.5 Å². The van der Waals surface area contributed by atoms with Crippen LogP contribution in [0, 0.1) is 71.5 Å². The maximum absolute atomic E-state index is 10.9. The summed E-state index contributed by atoms with van der Waals surface area (Å²) in [6.45, 7) is 23.0. The molecular weight excluding hydrogens is 566 g/mol. The highest BCUT2D eigenvalue weighted by atomic mass is 32.2. The molecule has 0 aliphatic rings. The van der Waals surface area contributed by atoms with Crippen LogP contribution in [0.15, 0.2) is 12.0 Å². The van der Waals surface area contributed by atoms with Crippen LogP contribution in [-0.2, 0) is 29.0 Å². The van der Waals surface area contributed by atoms with Gasteiger partial charge in [-0.3, -0.25) is 24.1 Å². The summed E-state index contributed by atoms with van der Waals surface area (Å²) in [6.07, 6.45) is 4.77. The number of hydrogen-bond donors (Lipinski definition) is 1. The van der Waals surface area contributed by atoms with Gasteiger partial charge < -0.3 is 5.11 Å². The normalized spacial score (nSPS) is 9.28. The first-order valence-electron chi connectivity index (χ1n) is 13.7. The fourth-order valence-electron chi connectivity index (χ4n) is 1.33. The molecule has 9 heteroatoms. The molecular formula is C34H53NO7S. The number of carbonyl (C=O) groups is 4. The summed E-state index contributed by atoms with van der Waals surface area (Å²) in [5.74, 6) is 16.8. The third kappa shape index (κ3) is 38.5. The first kappa shape index (κ1) is 49.2. The fraction of sp³-hybridized carbons (Fsp3) is 0.588. The number of Topliss-reactive ketones (excluding diaryl/α,β-unsaturated/α-hetero) is 4. The van der Waals surface area contributed by atoms with Crippen LogP contribution in [0.2, 0.25) is 0 Å². The van der Waals surface area contributed by atoms with Gasteiger partial charge in [0, 0.05) is 29.1 Å². The number of sulfone groups is 1. The Morgan fingerprint density at radius 1 is 0.744 bits per heavy atom. The summed E-state index contributed by atoms with van der Waals surface area (Å²) >= 11 is 0. The van der Waals surface area contributed by atoms with Gasteiger partial charge in [0.2, 0.25) is 23.1 Å². The molecule has 0 saturated heterocycles. The molecule has 0 unspecified atom stereocenters. The summed E-state index contributed by atoms with van der Waals surface area (Å²) < 4.78 is 21.2. The van der Waals surface area contributed by atoms with Crippen LogP contribution in [0.1, 0.15) is 76.2 Å². The number of aliphatic hydroxyl groups excluding tert-OH is 1. The smallest absolute Gasteiger partial charge is 0.208 e. The minimum Gasteiger partial charge on any atom is -0.384 e. The summed E-state index contributed by atoms with van der Waals surface area (Å²) in [4.78, 5) is 44.3. The van der Waals surface area contributed by atoms with E-state index in [1.54, 1.807) is 48.5 Å². The van der Waals surface area contributed by atoms with Gasteiger partial charge in [0.05, 0.1) is 11.8 Å². The first-order chi connectivity index (χ1) is 19.6. The van der Waals surface area contributed by atoms with Gasteiger partial charge in [0.15, 0.2) is 9.84 Å². The Kier molecular flexibility index (Phi) is 34.3. The third-order valence-corrected chi connectivity index (χ3v) is 6.05. The average molecular weight is 620 g/mol. The maximum Gasteiger partial charge on any atom is 0.208 e. The molecule has 1 N–H and O–H groups in total. The molecule has 0 aromatic rings. The van der Waals surface area contributed by atoms with Gasteiger partial charge in [-0.05, 0) is 58.5 Å². The van der Waals surface area contributed by atoms with Crippen LogP contribution in [0.4, 0.5) is 0 Å². The van der Waals surface area contributed by atoms with Crippen LogP contribution in [0.3, 0.4) is 0 Å².